The Bertz CT molecular complexity index is 685. The van der Waals surface area contributed by atoms with Gasteiger partial charge in [-0.3, -0.25) is 4.68 Å². The second-order valence-corrected chi connectivity index (χ2v) is 5.17. The molecule has 1 atom stereocenters. The van der Waals surface area contributed by atoms with Gasteiger partial charge < -0.3 is 10.2 Å². The normalized spacial score (nSPS) is 12.9. The van der Waals surface area contributed by atoms with Crippen LogP contribution in [0, 0.1) is 0 Å². The van der Waals surface area contributed by atoms with Gasteiger partial charge >= 0.3 is 0 Å². The fourth-order valence-electron chi connectivity index (χ4n) is 2.57. The molecule has 3 aromatic rings. The van der Waals surface area contributed by atoms with Gasteiger partial charge in [-0.25, -0.2) is 0 Å². The maximum atomic E-state index is 6.23. The van der Waals surface area contributed by atoms with E-state index in [1.165, 1.54) is 5.39 Å². The lowest BCUT2D eigenvalue weighted by molar-refractivity contribution is 0.482. The zero-order valence-electron chi connectivity index (χ0n) is 11.6. The number of nitrogens with zero attached hydrogens (tertiary/aromatic N) is 2. The second-order valence-electron chi connectivity index (χ2n) is 5.17. The van der Waals surface area contributed by atoms with E-state index in [1.807, 2.05) is 36.0 Å². The fraction of sp³-hybridized carbons (Fsp3) is 0.312. The average Bonchev–Trinajstić information content (AvgIpc) is 3.07. The van der Waals surface area contributed by atoms with Gasteiger partial charge in [-0.2, -0.15) is 5.10 Å². The van der Waals surface area contributed by atoms with Crippen molar-refractivity contribution in [2.75, 3.05) is 0 Å². The first-order valence-electron chi connectivity index (χ1n) is 6.92. The highest BCUT2D eigenvalue weighted by Crippen LogP contribution is 2.19. The standard InChI is InChI=1S/C16H19N3O/c1-19-16-7-3-2-6-14(16)15(18-19)11-12(17)8-9-13-5-4-10-20-13/h2-7,10,12H,8-9,11,17H2,1H3. The molecule has 2 aromatic heterocycles. The number of rotatable bonds is 5. The van der Waals surface area contributed by atoms with Crippen LogP contribution >= 0.6 is 0 Å². The Morgan fingerprint density at radius 1 is 1.25 bits per heavy atom. The van der Waals surface area contributed by atoms with E-state index in [2.05, 4.69) is 17.2 Å². The molecule has 0 radical (unpaired) electrons. The van der Waals surface area contributed by atoms with E-state index in [9.17, 15) is 0 Å². The van der Waals surface area contributed by atoms with Crippen LogP contribution in [0.5, 0.6) is 0 Å². The third-order valence-corrected chi connectivity index (χ3v) is 3.63. The van der Waals surface area contributed by atoms with E-state index in [4.69, 9.17) is 10.2 Å². The molecular weight excluding hydrogens is 250 g/mol. The first-order valence-corrected chi connectivity index (χ1v) is 6.92. The first-order chi connectivity index (χ1) is 9.74. The quantitative estimate of drug-likeness (QED) is 0.774. The molecule has 0 saturated heterocycles. The summed E-state index contributed by atoms with van der Waals surface area (Å²) in [5.74, 6) is 0.992. The minimum absolute atomic E-state index is 0.0957. The van der Waals surface area contributed by atoms with Gasteiger partial charge in [-0.1, -0.05) is 18.2 Å². The van der Waals surface area contributed by atoms with E-state index < -0.39 is 0 Å². The maximum Gasteiger partial charge on any atom is 0.103 e. The van der Waals surface area contributed by atoms with Gasteiger partial charge in [0.1, 0.15) is 5.76 Å². The van der Waals surface area contributed by atoms with Crippen molar-refractivity contribution in [1.29, 1.82) is 0 Å². The summed E-state index contributed by atoms with van der Waals surface area (Å²) < 4.78 is 7.25. The van der Waals surface area contributed by atoms with Gasteiger partial charge in [0, 0.05) is 31.3 Å². The lowest BCUT2D eigenvalue weighted by atomic mass is 10.0. The van der Waals surface area contributed by atoms with Crippen molar-refractivity contribution in [3.05, 3.63) is 54.1 Å². The minimum Gasteiger partial charge on any atom is -0.469 e. The Balaban J connectivity index is 1.69. The highest BCUT2D eigenvalue weighted by atomic mass is 16.3. The van der Waals surface area contributed by atoms with Crippen LogP contribution in [-0.2, 0) is 19.9 Å². The van der Waals surface area contributed by atoms with Crippen molar-refractivity contribution < 1.29 is 4.42 Å². The van der Waals surface area contributed by atoms with Crippen LogP contribution in [0.4, 0.5) is 0 Å². The van der Waals surface area contributed by atoms with Gasteiger partial charge in [-0.15, -0.1) is 0 Å². The third-order valence-electron chi connectivity index (χ3n) is 3.63. The smallest absolute Gasteiger partial charge is 0.103 e. The lowest BCUT2D eigenvalue weighted by Crippen LogP contribution is -2.23. The van der Waals surface area contributed by atoms with Crippen LogP contribution in [0.1, 0.15) is 17.9 Å². The molecule has 2 N–H and O–H groups in total. The summed E-state index contributed by atoms with van der Waals surface area (Å²) in [6, 6.07) is 12.3. The highest BCUT2D eigenvalue weighted by Gasteiger charge is 2.12. The second kappa shape index (κ2) is 5.51. The van der Waals surface area contributed by atoms with Crippen LogP contribution in [0.15, 0.2) is 47.1 Å². The van der Waals surface area contributed by atoms with E-state index in [0.29, 0.717) is 0 Å². The van der Waals surface area contributed by atoms with Crippen molar-refractivity contribution in [3.8, 4) is 0 Å². The molecule has 0 amide bonds. The number of hydrogen-bond donors (Lipinski definition) is 1. The molecular formula is C16H19N3O. The Hall–Kier alpha value is -2.07. The predicted octanol–water partition coefficient (Wildman–Crippen LogP) is 2.67. The average molecular weight is 269 g/mol. The molecule has 0 bridgehead atoms. The molecule has 104 valence electrons. The van der Waals surface area contributed by atoms with Crippen LogP contribution in [0.2, 0.25) is 0 Å². The van der Waals surface area contributed by atoms with Crippen LogP contribution in [0.3, 0.4) is 0 Å². The molecule has 0 aliphatic rings. The van der Waals surface area contributed by atoms with Crippen LogP contribution < -0.4 is 5.73 Å². The molecule has 4 nitrogen and oxygen atoms in total. The van der Waals surface area contributed by atoms with Crippen LogP contribution in [0.25, 0.3) is 10.9 Å². The summed E-state index contributed by atoms with van der Waals surface area (Å²) in [6.45, 7) is 0. The van der Waals surface area contributed by atoms with Gasteiger partial charge in [-0.05, 0) is 24.6 Å². The first kappa shape index (κ1) is 12.9. The number of furan rings is 1. The number of fused-ring (bicyclic) bond motifs is 1. The number of aromatic nitrogens is 2. The number of benzene rings is 1. The monoisotopic (exact) mass is 269 g/mol. The fourth-order valence-corrected chi connectivity index (χ4v) is 2.57. The predicted molar refractivity (Wildman–Crippen MR) is 79.4 cm³/mol. The van der Waals surface area contributed by atoms with Crippen LogP contribution in [-0.4, -0.2) is 15.8 Å². The molecule has 0 spiro atoms. The Kier molecular flexibility index (Phi) is 3.56. The van der Waals surface area contributed by atoms with Crippen molar-refractivity contribution in [1.82, 2.24) is 9.78 Å². The summed E-state index contributed by atoms with van der Waals surface area (Å²) in [7, 11) is 1.97. The maximum absolute atomic E-state index is 6.23. The van der Waals surface area contributed by atoms with Crippen molar-refractivity contribution in [3.63, 3.8) is 0 Å². The molecule has 1 aromatic carbocycles. The summed E-state index contributed by atoms with van der Waals surface area (Å²) in [6.07, 6.45) is 4.27. The molecule has 1 unspecified atom stereocenters. The summed E-state index contributed by atoms with van der Waals surface area (Å²) in [4.78, 5) is 0. The molecule has 0 saturated carbocycles. The highest BCUT2D eigenvalue weighted by molar-refractivity contribution is 5.81. The van der Waals surface area contributed by atoms with Crippen molar-refractivity contribution in [2.45, 2.75) is 25.3 Å². The van der Waals surface area contributed by atoms with Gasteiger partial charge in [0.05, 0.1) is 17.5 Å². The van der Waals surface area contributed by atoms with E-state index in [-0.39, 0.29) is 6.04 Å². The van der Waals surface area contributed by atoms with Gasteiger partial charge in [0.15, 0.2) is 0 Å². The zero-order chi connectivity index (χ0) is 13.9. The van der Waals surface area contributed by atoms with E-state index >= 15 is 0 Å². The molecule has 20 heavy (non-hydrogen) atoms. The molecule has 2 heterocycles. The van der Waals surface area contributed by atoms with Gasteiger partial charge in [0.2, 0.25) is 0 Å². The molecule has 0 aliphatic carbocycles. The Morgan fingerprint density at radius 2 is 2.10 bits per heavy atom. The minimum atomic E-state index is 0.0957. The molecule has 0 fully saturated rings. The number of aryl methyl sites for hydroxylation is 2. The van der Waals surface area contributed by atoms with E-state index in [1.54, 1.807) is 6.26 Å². The van der Waals surface area contributed by atoms with Gasteiger partial charge in [0.25, 0.3) is 0 Å². The molecule has 4 heteroatoms. The number of para-hydroxylation sites is 1. The number of hydrogen-bond acceptors (Lipinski definition) is 3. The topological polar surface area (TPSA) is 57.0 Å². The summed E-state index contributed by atoms with van der Waals surface area (Å²) in [5, 5.41) is 5.79. The molecule has 0 aliphatic heterocycles. The SMILES string of the molecule is Cn1nc(CC(N)CCc2ccco2)c2ccccc21. The summed E-state index contributed by atoms with van der Waals surface area (Å²) in [5.41, 5.74) is 8.46. The van der Waals surface area contributed by atoms with Crippen molar-refractivity contribution >= 4 is 10.9 Å². The third kappa shape index (κ3) is 2.60. The Morgan fingerprint density at radius 3 is 2.90 bits per heavy atom. The summed E-state index contributed by atoms with van der Waals surface area (Å²) >= 11 is 0. The lowest BCUT2D eigenvalue weighted by Gasteiger charge is -2.08. The largest absolute Gasteiger partial charge is 0.469 e. The van der Waals surface area contributed by atoms with E-state index in [0.717, 1.165) is 36.2 Å². The Labute approximate surface area is 118 Å². The molecule has 3 rings (SSSR count). The zero-order valence-corrected chi connectivity index (χ0v) is 11.6. The number of nitrogens with two attached hydrogens (primary N) is 1. The van der Waals surface area contributed by atoms with Crippen molar-refractivity contribution in [2.24, 2.45) is 12.8 Å².